The molecule has 2 aliphatic rings. The number of urea groups is 1. The molecule has 1 fully saturated rings. The van der Waals surface area contributed by atoms with Gasteiger partial charge in [0.25, 0.3) is 0 Å². The summed E-state index contributed by atoms with van der Waals surface area (Å²) in [5.74, 6) is -1.83. The first-order chi connectivity index (χ1) is 15.9. The molecule has 0 atom stereocenters. The molecule has 8 nitrogen and oxygen atoms in total. The van der Waals surface area contributed by atoms with E-state index in [9.17, 15) is 18.4 Å². The quantitative estimate of drug-likeness (QED) is 0.636. The van der Waals surface area contributed by atoms with Crippen molar-refractivity contribution >= 4 is 17.5 Å². The summed E-state index contributed by atoms with van der Waals surface area (Å²) in [6.07, 6.45) is 4.19. The van der Waals surface area contributed by atoms with E-state index in [0.29, 0.717) is 32.5 Å². The van der Waals surface area contributed by atoms with Crippen molar-refractivity contribution in [2.24, 2.45) is 0 Å². The molecule has 0 bridgehead atoms. The molecule has 3 aromatic rings. The van der Waals surface area contributed by atoms with Crippen LogP contribution in [0.15, 0.2) is 49.1 Å². The minimum Gasteiger partial charge on any atom is -0.376 e. The fourth-order valence-corrected chi connectivity index (χ4v) is 4.51. The zero-order chi connectivity index (χ0) is 23.0. The number of nitrogens with zero attached hydrogens (tertiary/aromatic N) is 4. The summed E-state index contributed by atoms with van der Waals surface area (Å²) in [6, 6.07) is 9.27. The molecule has 1 aromatic heterocycles. The van der Waals surface area contributed by atoms with Crippen LogP contribution in [-0.4, -0.2) is 50.1 Å². The summed E-state index contributed by atoms with van der Waals surface area (Å²) < 4.78 is 29.4. The molecule has 2 N–H and O–H groups in total. The highest BCUT2D eigenvalue weighted by Crippen LogP contribution is 2.39. The summed E-state index contributed by atoms with van der Waals surface area (Å²) in [4.78, 5) is 30.9. The molecule has 2 aliphatic heterocycles. The number of amides is 2. The first-order valence-corrected chi connectivity index (χ1v) is 10.7. The van der Waals surface area contributed by atoms with Crippen molar-refractivity contribution < 1.29 is 18.4 Å². The van der Waals surface area contributed by atoms with Gasteiger partial charge in [-0.2, -0.15) is 5.10 Å². The number of benzene rings is 2. The summed E-state index contributed by atoms with van der Waals surface area (Å²) in [5.41, 5.74) is 1.23. The van der Waals surface area contributed by atoms with Gasteiger partial charge in [-0.05, 0) is 36.6 Å². The number of halogens is 2. The van der Waals surface area contributed by atoms with Crippen molar-refractivity contribution in [1.29, 1.82) is 0 Å². The van der Waals surface area contributed by atoms with Crippen LogP contribution in [0, 0.1) is 11.6 Å². The van der Waals surface area contributed by atoms with Gasteiger partial charge in [0, 0.05) is 43.2 Å². The van der Waals surface area contributed by atoms with E-state index in [1.165, 1.54) is 6.33 Å². The summed E-state index contributed by atoms with van der Waals surface area (Å²) in [7, 11) is 0. The van der Waals surface area contributed by atoms with Gasteiger partial charge < -0.3 is 15.5 Å². The highest BCUT2D eigenvalue weighted by atomic mass is 19.1. The maximum absolute atomic E-state index is 14.3. The third kappa shape index (κ3) is 4.15. The van der Waals surface area contributed by atoms with Crippen LogP contribution in [-0.2, 0) is 6.54 Å². The number of ketones is 1. The summed E-state index contributed by atoms with van der Waals surface area (Å²) in [5, 5.41) is 10.2. The van der Waals surface area contributed by atoms with E-state index in [0.717, 1.165) is 23.4 Å². The Balaban J connectivity index is 1.20. The Labute approximate surface area is 188 Å². The number of likely N-dealkylation sites (tertiary alicyclic amines) is 1. The Morgan fingerprint density at radius 1 is 1.18 bits per heavy atom. The van der Waals surface area contributed by atoms with Crippen LogP contribution in [0.2, 0.25) is 0 Å². The maximum atomic E-state index is 14.3. The SMILES string of the molecule is O=C1CC2(CCN(C(=O)NCc3cccc(-n4cncn4)c3)CC2)Nc2c(F)cc(F)cc21. The van der Waals surface area contributed by atoms with E-state index in [1.807, 2.05) is 24.3 Å². The highest BCUT2D eigenvalue weighted by Gasteiger charge is 2.42. The number of Topliss-reactive ketones (excluding diaryl/α,β-unsaturated/α-hetero) is 1. The number of hydrogen-bond acceptors (Lipinski definition) is 5. The van der Waals surface area contributed by atoms with E-state index in [-0.39, 0.29) is 29.5 Å². The van der Waals surface area contributed by atoms with E-state index in [4.69, 9.17) is 0 Å². The monoisotopic (exact) mass is 452 g/mol. The van der Waals surface area contributed by atoms with Crippen LogP contribution >= 0.6 is 0 Å². The van der Waals surface area contributed by atoms with Gasteiger partial charge in [-0.15, -0.1) is 0 Å². The molecular weight excluding hydrogens is 430 g/mol. The van der Waals surface area contributed by atoms with Crippen LogP contribution in [0.3, 0.4) is 0 Å². The van der Waals surface area contributed by atoms with Crippen molar-refractivity contribution in [3.05, 3.63) is 71.8 Å². The fourth-order valence-electron chi connectivity index (χ4n) is 4.51. The molecule has 2 aromatic carbocycles. The minimum absolute atomic E-state index is 0.0476. The van der Waals surface area contributed by atoms with Gasteiger partial charge in [-0.3, -0.25) is 4.79 Å². The van der Waals surface area contributed by atoms with Crippen molar-refractivity contribution in [3.8, 4) is 5.69 Å². The average molecular weight is 452 g/mol. The molecule has 0 aliphatic carbocycles. The van der Waals surface area contributed by atoms with Crippen LogP contribution in [0.1, 0.15) is 35.2 Å². The van der Waals surface area contributed by atoms with E-state index < -0.39 is 17.2 Å². The molecule has 1 spiro atoms. The zero-order valence-corrected chi connectivity index (χ0v) is 17.7. The summed E-state index contributed by atoms with van der Waals surface area (Å²) >= 11 is 0. The molecule has 0 radical (unpaired) electrons. The van der Waals surface area contributed by atoms with Gasteiger partial charge in [0.2, 0.25) is 0 Å². The number of anilines is 1. The Hall–Kier alpha value is -3.82. The largest absolute Gasteiger partial charge is 0.376 e. The number of carbonyl (C=O) groups is 2. The molecule has 10 heteroatoms. The van der Waals surface area contributed by atoms with Gasteiger partial charge in [-0.1, -0.05) is 12.1 Å². The lowest BCUT2D eigenvalue weighted by atomic mass is 9.78. The van der Waals surface area contributed by atoms with Gasteiger partial charge in [0.1, 0.15) is 24.3 Å². The molecule has 0 saturated carbocycles. The first-order valence-electron chi connectivity index (χ1n) is 10.7. The predicted molar refractivity (Wildman–Crippen MR) is 116 cm³/mol. The number of nitrogens with one attached hydrogen (secondary N) is 2. The Morgan fingerprint density at radius 2 is 2.00 bits per heavy atom. The zero-order valence-electron chi connectivity index (χ0n) is 17.7. The van der Waals surface area contributed by atoms with Crippen molar-refractivity contribution in [3.63, 3.8) is 0 Å². The Morgan fingerprint density at radius 3 is 2.76 bits per heavy atom. The van der Waals surface area contributed by atoms with Gasteiger partial charge in [0.15, 0.2) is 5.78 Å². The topological polar surface area (TPSA) is 92.2 Å². The standard InChI is InChI=1S/C23H22F2N6O2/c24-16-9-18-20(32)11-23(29-21(18)19(25)10-16)4-6-30(7-5-23)22(33)27-12-15-2-1-3-17(8-15)31-14-26-13-28-31/h1-3,8-10,13-14,29H,4-7,11-12H2,(H,27,33). The van der Waals surface area contributed by atoms with Crippen LogP contribution in [0.5, 0.6) is 0 Å². The third-order valence-electron chi connectivity index (χ3n) is 6.29. The van der Waals surface area contributed by atoms with Crippen molar-refractivity contribution in [2.75, 3.05) is 18.4 Å². The van der Waals surface area contributed by atoms with Crippen LogP contribution in [0.4, 0.5) is 19.3 Å². The average Bonchev–Trinajstić information content (AvgIpc) is 3.34. The lowest BCUT2D eigenvalue weighted by Crippen LogP contribution is -2.55. The van der Waals surface area contributed by atoms with E-state index in [1.54, 1.807) is 15.9 Å². The molecule has 3 heterocycles. The molecular formula is C23H22F2N6O2. The minimum atomic E-state index is -0.772. The molecule has 0 unspecified atom stereocenters. The number of fused-ring (bicyclic) bond motifs is 1. The third-order valence-corrected chi connectivity index (χ3v) is 6.29. The molecule has 170 valence electrons. The lowest BCUT2D eigenvalue weighted by Gasteiger charge is -2.45. The van der Waals surface area contributed by atoms with Crippen LogP contribution < -0.4 is 10.6 Å². The van der Waals surface area contributed by atoms with E-state index >= 15 is 0 Å². The molecule has 33 heavy (non-hydrogen) atoms. The molecule has 1 saturated heterocycles. The number of hydrogen-bond donors (Lipinski definition) is 2. The Bertz CT molecular complexity index is 1210. The smallest absolute Gasteiger partial charge is 0.317 e. The number of piperidine rings is 1. The number of rotatable bonds is 3. The first kappa shape index (κ1) is 21.0. The second kappa shape index (κ2) is 8.27. The normalized spacial score (nSPS) is 16.9. The predicted octanol–water partition coefficient (Wildman–Crippen LogP) is 3.29. The van der Waals surface area contributed by atoms with Gasteiger partial charge in [-0.25, -0.2) is 23.2 Å². The second-order valence-electron chi connectivity index (χ2n) is 8.47. The molecule has 2 amide bonds. The van der Waals surface area contributed by atoms with Crippen molar-refractivity contribution in [2.45, 2.75) is 31.3 Å². The van der Waals surface area contributed by atoms with E-state index in [2.05, 4.69) is 20.7 Å². The fraction of sp³-hybridized carbons (Fsp3) is 0.304. The second-order valence-corrected chi connectivity index (χ2v) is 8.47. The number of aromatic nitrogens is 3. The van der Waals surface area contributed by atoms with Crippen LogP contribution in [0.25, 0.3) is 5.69 Å². The highest BCUT2D eigenvalue weighted by molar-refractivity contribution is 6.04. The Kier molecular flexibility index (Phi) is 5.27. The van der Waals surface area contributed by atoms with Gasteiger partial charge in [0.05, 0.1) is 11.4 Å². The number of carbonyl (C=O) groups excluding carboxylic acids is 2. The van der Waals surface area contributed by atoms with Crippen molar-refractivity contribution in [1.82, 2.24) is 25.0 Å². The van der Waals surface area contributed by atoms with Gasteiger partial charge >= 0.3 is 6.03 Å². The lowest BCUT2D eigenvalue weighted by molar-refractivity contribution is 0.0914. The maximum Gasteiger partial charge on any atom is 0.317 e. The summed E-state index contributed by atoms with van der Waals surface area (Å²) in [6.45, 7) is 1.19. The molecule has 5 rings (SSSR count).